The molecule has 19 heavy (non-hydrogen) atoms. The Labute approximate surface area is 116 Å². The van der Waals surface area contributed by atoms with Crippen LogP contribution in [0.1, 0.15) is 39.7 Å². The van der Waals surface area contributed by atoms with Gasteiger partial charge in [-0.25, -0.2) is 0 Å². The smallest absolute Gasteiger partial charge is 0.315 e. The number of carbonyl (C=O) groups is 1. The van der Waals surface area contributed by atoms with Crippen molar-refractivity contribution in [2.45, 2.75) is 45.6 Å². The summed E-state index contributed by atoms with van der Waals surface area (Å²) < 4.78 is 0. The second-order valence-electron chi connectivity index (χ2n) is 5.57. The predicted octanol–water partition coefficient (Wildman–Crippen LogP) is 3.15. The minimum Gasteiger partial charge on any atom is -0.481 e. The molecule has 1 N–H and O–H groups in total. The number of aliphatic carboxylic acids is 1. The summed E-state index contributed by atoms with van der Waals surface area (Å²) in [6, 6.07) is 9.86. The third-order valence-electron chi connectivity index (χ3n) is 3.64. The molecule has 0 heterocycles. The highest BCUT2D eigenvalue weighted by molar-refractivity contribution is 5.81. The van der Waals surface area contributed by atoms with Gasteiger partial charge in [0.1, 0.15) is 5.41 Å². The van der Waals surface area contributed by atoms with Crippen LogP contribution in [0.15, 0.2) is 30.3 Å². The van der Waals surface area contributed by atoms with Crippen LogP contribution in [0.2, 0.25) is 0 Å². The SMILES string of the molecule is CCCN(CC(C)(C(=O)O)c1ccccc1)C(C)C. The van der Waals surface area contributed by atoms with Crippen molar-refractivity contribution in [1.82, 2.24) is 4.90 Å². The molecule has 0 spiro atoms. The van der Waals surface area contributed by atoms with Gasteiger partial charge in [0.2, 0.25) is 0 Å². The molecule has 0 aliphatic rings. The van der Waals surface area contributed by atoms with Crippen LogP contribution in [0, 0.1) is 0 Å². The molecule has 0 amide bonds. The average molecular weight is 263 g/mol. The zero-order chi connectivity index (χ0) is 14.5. The fourth-order valence-electron chi connectivity index (χ4n) is 2.30. The number of carboxylic acid groups (broad SMARTS) is 1. The van der Waals surface area contributed by atoms with Crippen molar-refractivity contribution in [2.24, 2.45) is 0 Å². The van der Waals surface area contributed by atoms with Gasteiger partial charge in [0, 0.05) is 12.6 Å². The van der Waals surface area contributed by atoms with Gasteiger partial charge in [0.15, 0.2) is 0 Å². The summed E-state index contributed by atoms with van der Waals surface area (Å²) in [5, 5.41) is 9.66. The van der Waals surface area contributed by atoms with Gasteiger partial charge in [-0.15, -0.1) is 0 Å². The second-order valence-corrected chi connectivity index (χ2v) is 5.57. The third-order valence-corrected chi connectivity index (χ3v) is 3.64. The molecule has 1 aromatic carbocycles. The Kier molecular flexibility index (Phi) is 5.55. The van der Waals surface area contributed by atoms with Gasteiger partial charge in [-0.2, -0.15) is 0 Å². The molecule has 0 saturated heterocycles. The van der Waals surface area contributed by atoms with E-state index in [0.717, 1.165) is 18.5 Å². The lowest BCUT2D eigenvalue weighted by molar-refractivity contribution is -0.144. The van der Waals surface area contributed by atoms with Gasteiger partial charge in [-0.1, -0.05) is 37.3 Å². The quantitative estimate of drug-likeness (QED) is 0.821. The van der Waals surface area contributed by atoms with Crippen LogP contribution in [0.3, 0.4) is 0 Å². The zero-order valence-corrected chi connectivity index (χ0v) is 12.4. The molecule has 0 aliphatic carbocycles. The van der Waals surface area contributed by atoms with Crippen LogP contribution in [0.25, 0.3) is 0 Å². The number of hydrogen-bond donors (Lipinski definition) is 1. The first kappa shape index (κ1) is 15.7. The first-order chi connectivity index (χ1) is 8.91. The lowest BCUT2D eigenvalue weighted by atomic mass is 9.81. The molecule has 1 rings (SSSR count). The van der Waals surface area contributed by atoms with E-state index < -0.39 is 11.4 Å². The lowest BCUT2D eigenvalue weighted by Crippen LogP contribution is -2.47. The van der Waals surface area contributed by atoms with Gasteiger partial charge in [-0.3, -0.25) is 9.69 Å². The Morgan fingerprint density at radius 1 is 1.32 bits per heavy atom. The molecular formula is C16H25NO2. The lowest BCUT2D eigenvalue weighted by Gasteiger charge is -2.35. The molecule has 1 atom stereocenters. The van der Waals surface area contributed by atoms with Crippen LogP contribution in [-0.4, -0.2) is 35.1 Å². The number of carboxylic acids is 1. The van der Waals surface area contributed by atoms with E-state index in [9.17, 15) is 9.90 Å². The highest BCUT2D eigenvalue weighted by atomic mass is 16.4. The Morgan fingerprint density at radius 2 is 1.89 bits per heavy atom. The number of benzene rings is 1. The highest BCUT2D eigenvalue weighted by Gasteiger charge is 2.37. The maximum Gasteiger partial charge on any atom is 0.315 e. The summed E-state index contributed by atoms with van der Waals surface area (Å²) in [7, 11) is 0. The minimum absolute atomic E-state index is 0.349. The fourth-order valence-corrected chi connectivity index (χ4v) is 2.30. The molecule has 0 radical (unpaired) electrons. The van der Waals surface area contributed by atoms with Gasteiger partial charge in [0.05, 0.1) is 0 Å². The largest absolute Gasteiger partial charge is 0.481 e. The molecule has 1 unspecified atom stereocenters. The van der Waals surface area contributed by atoms with E-state index in [-0.39, 0.29) is 0 Å². The van der Waals surface area contributed by atoms with Crippen LogP contribution < -0.4 is 0 Å². The van der Waals surface area contributed by atoms with Gasteiger partial charge < -0.3 is 5.11 Å². The Morgan fingerprint density at radius 3 is 2.32 bits per heavy atom. The highest BCUT2D eigenvalue weighted by Crippen LogP contribution is 2.26. The maximum atomic E-state index is 11.8. The van der Waals surface area contributed by atoms with E-state index in [2.05, 4.69) is 25.7 Å². The van der Waals surface area contributed by atoms with Crippen molar-refractivity contribution in [3.63, 3.8) is 0 Å². The second kappa shape index (κ2) is 6.71. The van der Waals surface area contributed by atoms with E-state index in [4.69, 9.17) is 0 Å². The molecule has 106 valence electrons. The molecule has 0 fully saturated rings. The molecule has 0 aromatic heterocycles. The van der Waals surface area contributed by atoms with Crippen molar-refractivity contribution in [3.8, 4) is 0 Å². The monoisotopic (exact) mass is 263 g/mol. The first-order valence-electron chi connectivity index (χ1n) is 6.94. The topological polar surface area (TPSA) is 40.5 Å². The van der Waals surface area contributed by atoms with E-state index in [0.29, 0.717) is 12.6 Å². The Bertz CT molecular complexity index is 402. The van der Waals surface area contributed by atoms with Crippen molar-refractivity contribution < 1.29 is 9.90 Å². The molecule has 3 heteroatoms. The first-order valence-corrected chi connectivity index (χ1v) is 6.94. The standard InChI is InChI=1S/C16H25NO2/c1-5-11-17(13(2)3)12-16(4,15(18)19)14-9-7-6-8-10-14/h6-10,13H,5,11-12H2,1-4H3,(H,18,19). The number of hydrogen-bond acceptors (Lipinski definition) is 2. The average Bonchev–Trinajstić information content (AvgIpc) is 2.38. The number of nitrogens with zero attached hydrogens (tertiary/aromatic N) is 1. The van der Waals surface area contributed by atoms with Crippen LogP contribution >= 0.6 is 0 Å². The van der Waals surface area contributed by atoms with Crippen LogP contribution in [0.5, 0.6) is 0 Å². The Balaban J connectivity index is 3.03. The fraction of sp³-hybridized carbons (Fsp3) is 0.562. The summed E-state index contributed by atoms with van der Waals surface area (Å²) in [4.78, 5) is 14.0. The van der Waals surface area contributed by atoms with E-state index in [1.165, 1.54) is 0 Å². The van der Waals surface area contributed by atoms with Crippen molar-refractivity contribution in [2.75, 3.05) is 13.1 Å². The molecule has 3 nitrogen and oxygen atoms in total. The summed E-state index contributed by atoms with van der Waals surface area (Å²) in [5.74, 6) is -0.763. The molecule has 0 bridgehead atoms. The van der Waals surface area contributed by atoms with Gasteiger partial charge >= 0.3 is 5.97 Å². The Hall–Kier alpha value is -1.35. The zero-order valence-electron chi connectivity index (χ0n) is 12.4. The summed E-state index contributed by atoms with van der Waals surface area (Å²) >= 11 is 0. The normalized spacial score (nSPS) is 14.6. The summed E-state index contributed by atoms with van der Waals surface area (Å²) in [6.07, 6.45) is 1.03. The van der Waals surface area contributed by atoms with Crippen LogP contribution in [-0.2, 0) is 10.2 Å². The molecule has 0 saturated carbocycles. The molecule has 0 aliphatic heterocycles. The van der Waals surface area contributed by atoms with Crippen molar-refractivity contribution in [3.05, 3.63) is 35.9 Å². The molecule has 1 aromatic rings. The van der Waals surface area contributed by atoms with Crippen molar-refractivity contribution in [1.29, 1.82) is 0 Å². The number of rotatable bonds is 7. The van der Waals surface area contributed by atoms with Gasteiger partial charge in [-0.05, 0) is 39.3 Å². The minimum atomic E-state index is -0.860. The third kappa shape index (κ3) is 3.80. The van der Waals surface area contributed by atoms with E-state index in [1.807, 2.05) is 37.3 Å². The van der Waals surface area contributed by atoms with Crippen LogP contribution in [0.4, 0.5) is 0 Å². The maximum absolute atomic E-state index is 11.8. The summed E-state index contributed by atoms with van der Waals surface area (Å²) in [5.41, 5.74) is 0.00463. The van der Waals surface area contributed by atoms with Crippen molar-refractivity contribution >= 4 is 5.97 Å². The summed E-state index contributed by atoms with van der Waals surface area (Å²) in [6.45, 7) is 9.63. The van der Waals surface area contributed by atoms with E-state index in [1.54, 1.807) is 0 Å². The van der Waals surface area contributed by atoms with E-state index >= 15 is 0 Å². The van der Waals surface area contributed by atoms with Gasteiger partial charge in [0.25, 0.3) is 0 Å². The predicted molar refractivity (Wildman–Crippen MR) is 78.4 cm³/mol. The molecular weight excluding hydrogens is 238 g/mol.